The van der Waals surface area contributed by atoms with Gasteiger partial charge in [-0.15, -0.1) is 0 Å². The molecule has 0 atom stereocenters. The molecule has 1 aromatic carbocycles. The molecule has 1 heterocycles. The number of amides is 1. The lowest BCUT2D eigenvalue weighted by atomic mass is 10.0. The fourth-order valence-electron chi connectivity index (χ4n) is 2.27. The number of piperazine rings is 1. The first-order valence-corrected chi connectivity index (χ1v) is 6.01. The third kappa shape index (κ3) is 2.60. The van der Waals surface area contributed by atoms with Crippen LogP contribution >= 0.6 is 0 Å². The van der Waals surface area contributed by atoms with E-state index in [1.54, 1.807) is 0 Å². The second-order valence-corrected chi connectivity index (χ2v) is 5.56. The molecule has 0 aliphatic carbocycles. The van der Waals surface area contributed by atoms with Crippen molar-refractivity contribution in [3.05, 3.63) is 29.3 Å². The maximum Gasteiger partial charge on any atom is 0.239 e. The number of nitrogens with zero attached hydrogens (tertiary/aromatic N) is 1. The van der Waals surface area contributed by atoms with E-state index in [9.17, 15) is 4.79 Å². The third-order valence-electron chi connectivity index (χ3n) is 3.25. The number of carbonyl (C=O) groups is 1. The normalized spacial score (nSPS) is 19.1. The molecule has 2 rings (SSSR count). The van der Waals surface area contributed by atoms with Gasteiger partial charge >= 0.3 is 0 Å². The van der Waals surface area contributed by atoms with E-state index in [-0.39, 0.29) is 11.4 Å². The summed E-state index contributed by atoms with van der Waals surface area (Å²) >= 11 is 0. The summed E-state index contributed by atoms with van der Waals surface area (Å²) in [5.74, 6) is 0.0967. The molecule has 1 aliphatic rings. The molecule has 3 nitrogen and oxygen atoms in total. The van der Waals surface area contributed by atoms with Gasteiger partial charge in [0.2, 0.25) is 5.91 Å². The molecule has 0 radical (unpaired) electrons. The summed E-state index contributed by atoms with van der Waals surface area (Å²) < 4.78 is 0. The average Bonchev–Trinajstić information content (AvgIpc) is 2.19. The maximum absolute atomic E-state index is 11.7. The zero-order valence-electron chi connectivity index (χ0n) is 11.0. The number of benzene rings is 1. The highest BCUT2D eigenvalue weighted by atomic mass is 16.2. The van der Waals surface area contributed by atoms with Crippen molar-refractivity contribution in [3.8, 4) is 0 Å². The smallest absolute Gasteiger partial charge is 0.239 e. The number of nitrogens with one attached hydrogen (secondary N) is 1. The van der Waals surface area contributed by atoms with Crippen molar-refractivity contribution in [2.45, 2.75) is 33.2 Å². The SMILES string of the molecule is Cc1ccc(N2CC(=O)NC(C)(C)C2)cc1C. The monoisotopic (exact) mass is 232 g/mol. The fourth-order valence-corrected chi connectivity index (χ4v) is 2.27. The summed E-state index contributed by atoms with van der Waals surface area (Å²) in [5.41, 5.74) is 3.53. The van der Waals surface area contributed by atoms with Crippen molar-refractivity contribution in [3.63, 3.8) is 0 Å². The zero-order chi connectivity index (χ0) is 12.6. The number of hydrogen-bond acceptors (Lipinski definition) is 2. The van der Waals surface area contributed by atoms with E-state index in [1.165, 1.54) is 11.1 Å². The van der Waals surface area contributed by atoms with E-state index in [0.29, 0.717) is 6.54 Å². The van der Waals surface area contributed by atoms with Gasteiger partial charge in [-0.2, -0.15) is 0 Å². The summed E-state index contributed by atoms with van der Waals surface area (Å²) in [4.78, 5) is 13.8. The first-order valence-electron chi connectivity index (χ1n) is 6.01. The number of anilines is 1. The van der Waals surface area contributed by atoms with Gasteiger partial charge in [-0.3, -0.25) is 4.79 Å². The van der Waals surface area contributed by atoms with Gasteiger partial charge in [0.25, 0.3) is 0 Å². The molecule has 0 spiro atoms. The van der Waals surface area contributed by atoms with Crippen LogP contribution in [0, 0.1) is 13.8 Å². The van der Waals surface area contributed by atoms with Crippen LogP contribution in [0.5, 0.6) is 0 Å². The molecular weight excluding hydrogens is 212 g/mol. The molecule has 1 fully saturated rings. The molecule has 92 valence electrons. The second-order valence-electron chi connectivity index (χ2n) is 5.56. The van der Waals surface area contributed by atoms with E-state index in [4.69, 9.17) is 0 Å². The number of aryl methyl sites for hydroxylation is 2. The summed E-state index contributed by atoms with van der Waals surface area (Å²) in [6.45, 7) is 9.61. The lowest BCUT2D eigenvalue weighted by Crippen LogP contribution is -2.60. The second kappa shape index (κ2) is 4.06. The molecule has 1 amide bonds. The number of hydrogen-bond donors (Lipinski definition) is 1. The predicted octanol–water partition coefficient (Wildman–Crippen LogP) is 2.02. The minimum Gasteiger partial charge on any atom is -0.360 e. The molecule has 17 heavy (non-hydrogen) atoms. The van der Waals surface area contributed by atoms with E-state index in [1.807, 2.05) is 0 Å². The van der Waals surface area contributed by atoms with Crippen molar-refractivity contribution in [1.82, 2.24) is 5.32 Å². The van der Waals surface area contributed by atoms with Crippen LogP contribution in [0.15, 0.2) is 18.2 Å². The molecule has 0 bridgehead atoms. The summed E-state index contributed by atoms with van der Waals surface area (Å²) in [5, 5.41) is 3.00. The summed E-state index contributed by atoms with van der Waals surface area (Å²) in [6.07, 6.45) is 0. The Labute approximate surface area is 103 Å². The molecule has 0 unspecified atom stereocenters. The molecule has 1 N–H and O–H groups in total. The maximum atomic E-state index is 11.7. The Kier molecular flexibility index (Phi) is 2.86. The Morgan fingerprint density at radius 2 is 1.94 bits per heavy atom. The highest BCUT2D eigenvalue weighted by molar-refractivity contribution is 5.83. The number of carbonyl (C=O) groups excluding carboxylic acids is 1. The first-order chi connectivity index (χ1) is 7.87. The molecule has 0 saturated carbocycles. The van der Waals surface area contributed by atoms with Crippen molar-refractivity contribution in [1.29, 1.82) is 0 Å². The fraction of sp³-hybridized carbons (Fsp3) is 0.500. The van der Waals surface area contributed by atoms with Crippen LogP contribution in [0.25, 0.3) is 0 Å². The Bertz CT molecular complexity index is 452. The van der Waals surface area contributed by atoms with Crippen LogP contribution in [0.2, 0.25) is 0 Å². The van der Waals surface area contributed by atoms with Crippen LogP contribution in [0.4, 0.5) is 5.69 Å². The highest BCUT2D eigenvalue weighted by Crippen LogP contribution is 2.22. The average molecular weight is 232 g/mol. The van der Waals surface area contributed by atoms with Crippen LogP contribution in [-0.4, -0.2) is 24.5 Å². The van der Waals surface area contributed by atoms with Gasteiger partial charge in [0.1, 0.15) is 0 Å². The minimum atomic E-state index is -0.159. The van der Waals surface area contributed by atoms with Crippen LogP contribution < -0.4 is 10.2 Å². The van der Waals surface area contributed by atoms with Crippen LogP contribution in [-0.2, 0) is 4.79 Å². The quantitative estimate of drug-likeness (QED) is 0.803. The predicted molar refractivity (Wildman–Crippen MR) is 70.4 cm³/mol. The van der Waals surface area contributed by atoms with Gasteiger partial charge in [0, 0.05) is 12.2 Å². The zero-order valence-corrected chi connectivity index (χ0v) is 11.0. The third-order valence-corrected chi connectivity index (χ3v) is 3.25. The van der Waals surface area contributed by atoms with Gasteiger partial charge in [0.05, 0.1) is 12.1 Å². The molecular formula is C14H20N2O. The van der Waals surface area contributed by atoms with Crippen LogP contribution in [0.1, 0.15) is 25.0 Å². The highest BCUT2D eigenvalue weighted by Gasteiger charge is 2.30. The molecule has 1 saturated heterocycles. The Morgan fingerprint density at radius 1 is 1.24 bits per heavy atom. The molecule has 0 aromatic heterocycles. The standard InChI is InChI=1S/C14H20N2O/c1-10-5-6-12(7-11(10)2)16-8-13(17)15-14(3,4)9-16/h5-7H,8-9H2,1-4H3,(H,15,17). The summed E-state index contributed by atoms with van der Waals surface area (Å²) in [7, 11) is 0. The van der Waals surface area contributed by atoms with Gasteiger partial charge in [-0.1, -0.05) is 6.07 Å². The van der Waals surface area contributed by atoms with Crippen molar-refractivity contribution in [2.75, 3.05) is 18.0 Å². The van der Waals surface area contributed by atoms with Gasteiger partial charge in [-0.05, 0) is 51.0 Å². The van der Waals surface area contributed by atoms with Gasteiger partial charge in [0.15, 0.2) is 0 Å². The number of rotatable bonds is 1. The molecule has 1 aliphatic heterocycles. The lowest BCUT2D eigenvalue weighted by Gasteiger charge is -2.39. The van der Waals surface area contributed by atoms with Gasteiger partial charge < -0.3 is 10.2 Å². The Hall–Kier alpha value is -1.51. The summed E-state index contributed by atoms with van der Waals surface area (Å²) in [6, 6.07) is 6.37. The first kappa shape index (κ1) is 12.0. The van der Waals surface area contributed by atoms with E-state index in [2.05, 4.69) is 56.1 Å². The topological polar surface area (TPSA) is 32.3 Å². The lowest BCUT2D eigenvalue weighted by molar-refractivity contribution is -0.122. The minimum absolute atomic E-state index is 0.0967. The van der Waals surface area contributed by atoms with Gasteiger partial charge in [-0.25, -0.2) is 0 Å². The Morgan fingerprint density at radius 3 is 2.53 bits per heavy atom. The van der Waals surface area contributed by atoms with E-state index < -0.39 is 0 Å². The van der Waals surface area contributed by atoms with E-state index >= 15 is 0 Å². The largest absolute Gasteiger partial charge is 0.360 e. The molecule has 1 aromatic rings. The van der Waals surface area contributed by atoms with Crippen LogP contribution in [0.3, 0.4) is 0 Å². The molecule has 3 heteroatoms. The van der Waals surface area contributed by atoms with Crippen molar-refractivity contribution < 1.29 is 4.79 Å². The van der Waals surface area contributed by atoms with E-state index in [0.717, 1.165) is 12.2 Å². The van der Waals surface area contributed by atoms with Crippen molar-refractivity contribution >= 4 is 11.6 Å². The Balaban J connectivity index is 2.27. The van der Waals surface area contributed by atoms with Crippen molar-refractivity contribution in [2.24, 2.45) is 0 Å².